The molecule has 0 radical (unpaired) electrons. The number of nitrogens with zero attached hydrogens (tertiary/aromatic N) is 3. The summed E-state index contributed by atoms with van der Waals surface area (Å²) in [5.74, 6) is -0.178. The van der Waals surface area contributed by atoms with Gasteiger partial charge in [-0.05, 0) is 37.5 Å². The van der Waals surface area contributed by atoms with Gasteiger partial charge in [0.25, 0.3) is 5.91 Å². The summed E-state index contributed by atoms with van der Waals surface area (Å²) < 4.78 is 13.4. The summed E-state index contributed by atoms with van der Waals surface area (Å²) in [6.45, 7) is 4.32. The molecule has 3 heterocycles. The Labute approximate surface area is 161 Å². The van der Waals surface area contributed by atoms with E-state index in [2.05, 4.69) is 4.98 Å². The second-order valence-corrected chi connectivity index (χ2v) is 8.66. The summed E-state index contributed by atoms with van der Waals surface area (Å²) in [6, 6.07) is 6.41. The number of aryl methyl sites for hydroxylation is 1. The molecule has 0 saturated carbocycles. The van der Waals surface area contributed by atoms with E-state index in [0.717, 1.165) is 23.4 Å². The van der Waals surface area contributed by atoms with Crippen molar-refractivity contribution in [3.05, 3.63) is 51.7 Å². The molecule has 0 N–H and O–H groups in total. The number of halogens is 1. The third kappa shape index (κ3) is 3.74. The molecule has 2 fully saturated rings. The van der Waals surface area contributed by atoms with Gasteiger partial charge in [-0.25, -0.2) is 9.37 Å². The molecule has 27 heavy (non-hydrogen) atoms. The van der Waals surface area contributed by atoms with Crippen molar-refractivity contribution in [1.29, 1.82) is 0 Å². The molecule has 0 atom stereocenters. The molecule has 0 unspecified atom stereocenters. The second-order valence-electron chi connectivity index (χ2n) is 7.60. The SMILES string of the molecule is Cc1nc(C(=O)N2CCC3(CC2)CC(=O)N(Cc2cccc(F)c2)C3)cs1. The minimum Gasteiger partial charge on any atom is -0.338 e. The van der Waals surface area contributed by atoms with Crippen LogP contribution >= 0.6 is 11.3 Å². The van der Waals surface area contributed by atoms with Crippen LogP contribution in [0.15, 0.2) is 29.6 Å². The van der Waals surface area contributed by atoms with Crippen LogP contribution in [0, 0.1) is 18.2 Å². The van der Waals surface area contributed by atoms with Crippen molar-refractivity contribution < 1.29 is 14.0 Å². The molecular formula is C20H22FN3O2S. The zero-order chi connectivity index (χ0) is 19.0. The summed E-state index contributed by atoms with van der Waals surface area (Å²) in [5, 5.41) is 2.70. The first-order valence-corrected chi connectivity index (χ1v) is 10.1. The maximum absolute atomic E-state index is 13.4. The largest absolute Gasteiger partial charge is 0.338 e. The molecule has 4 rings (SSSR count). The van der Waals surface area contributed by atoms with E-state index in [1.165, 1.54) is 23.5 Å². The topological polar surface area (TPSA) is 53.5 Å². The van der Waals surface area contributed by atoms with Gasteiger partial charge in [-0.3, -0.25) is 9.59 Å². The number of hydrogen-bond donors (Lipinski definition) is 0. The monoisotopic (exact) mass is 387 g/mol. The van der Waals surface area contributed by atoms with Gasteiger partial charge in [0.15, 0.2) is 0 Å². The van der Waals surface area contributed by atoms with E-state index in [1.54, 1.807) is 6.07 Å². The van der Waals surface area contributed by atoms with Gasteiger partial charge >= 0.3 is 0 Å². The van der Waals surface area contributed by atoms with Crippen LogP contribution in [0.2, 0.25) is 0 Å². The Morgan fingerprint density at radius 2 is 2.11 bits per heavy atom. The number of piperidine rings is 1. The van der Waals surface area contributed by atoms with Gasteiger partial charge in [-0.15, -0.1) is 11.3 Å². The predicted molar refractivity (Wildman–Crippen MR) is 101 cm³/mol. The minimum atomic E-state index is -0.280. The van der Waals surface area contributed by atoms with E-state index >= 15 is 0 Å². The van der Waals surface area contributed by atoms with Crippen molar-refractivity contribution in [1.82, 2.24) is 14.8 Å². The van der Waals surface area contributed by atoms with Gasteiger partial charge in [0, 0.05) is 43.4 Å². The van der Waals surface area contributed by atoms with Crippen LogP contribution in [0.1, 0.15) is 40.3 Å². The highest BCUT2D eigenvalue weighted by Gasteiger charge is 2.45. The van der Waals surface area contributed by atoms with E-state index in [4.69, 9.17) is 0 Å². The van der Waals surface area contributed by atoms with Crippen molar-refractivity contribution in [2.24, 2.45) is 5.41 Å². The Hall–Kier alpha value is -2.28. The van der Waals surface area contributed by atoms with Crippen LogP contribution in [0.25, 0.3) is 0 Å². The summed E-state index contributed by atoms with van der Waals surface area (Å²) in [5.41, 5.74) is 1.26. The first kappa shape index (κ1) is 18.1. The first-order chi connectivity index (χ1) is 12.9. The van der Waals surface area contributed by atoms with Crippen LogP contribution in [-0.2, 0) is 11.3 Å². The molecule has 0 bridgehead atoms. The van der Waals surface area contributed by atoms with Crippen LogP contribution in [-0.4, -0.2) is 46.2 Å². The smallest absolute Gasteiger partial charge is 0.273 e. The lowest BCUT2D eigenvalue weighted by molar-refractivity contribution is -0.128. The summed E-state index contributed by atoms with van der Waals surface area (Å²) in [4.78, 5) is 33.1. The normalized spacial score (nSPS) is 19.1. The number of thiazole rings is 1. The number of rotatable bonds is 3. The van der Waals surface area contributed by atoms with Crippen LogP contribution in [0.4, 0.5) is 4.39 Å². The molecule has 1 spiro atoms. The second kappa shape index (κ2) is 7.03. The van der Waals surface area contributed by atoms with Crippen molar-refractivity contribution >= 4 is 23.2 Å². The molecule has 2 aromatic rings. The van der Waals surface area contributed by atoms with E-state index in [9.17, 15) is 14.0 Å². The van der Waals surface area contributed by atoms with E-state index in [1.807, 2.05) is 28.2 Å². The number of benzene rings is 1. The predicted octanol–water partition coefficient (Wildman–Crippen LogP) is 3.25. The van der Waals surface area contributed by atoms with Gasteiger partial charge in [-0.2, -0.15) is 0 Å². The van der Waals surface area contributed by atoms with E-state index < -0.39 is 0 Å². The Balaban J connectivity index is 1.38. The summed E-state index contributed by atoms with van der Waals surface area (Å²) >= 11 is 1.48. The molecule has 7 heteroatoms. The fourth-order valence-electron chi connectivity index (χ4n) is 4.12. The molecule has 1 aromatic heterocycles. The van der Waals surface area contributed by atoms with Gasteiger partial charge in [-0.1, -0.05) is 12.1 Å². The number of hydrogen-bond acceptors (Lipinski definition) is 4. The molecule has 2 amide bonds. The number of aromatic nitrogens is 1. The molecule has 142 valence electrons. The third-order valence-electron chi connectivity index (χ3n) is 5.62. The lowest BCUT2D eigenvalue weighted by Gasteiger charge is -2.38. The van der Waals surface area contributed by atoms with Gasteiger partial charge in [0.05, 0.1) is 5.01 Å². The summed E-state index contributed by atoms with van der Waals surface area (Å²) in [6.07, 6.45) is 2.14. The molecule has 1 aromatic carbocycles. The minimum absolute atomic E-state index is 0.0184. The van der Waals surface area contributed by atoms with Gasteiger partial charge in [0.1, 0.15) is 11.5 Å². The maximum atomic E-state index is 13.4. The highest BCUT2D eigenvalue weighted by molar-refractivity contribution is 7.09. The Kier molecular flexibility index (Phi) is 4.72. The number of carbonyl (C=O) groups is 2. The zero-order valence-corrected chi connectivity index (χ0v) is 16.1. The molecular weight excluding hydrogens is 365 g/mol. The van der Waals surface area contributed by atoms with Crippen LogP contribution in [0.3, 0.4) is 0 Å². The average molecular weight is 387 g/mol. The average Bonchev–Trinajstić information content (AvgIpc) is 3.19. The Morgan fingerprint density at radius 1 is 1.33 bits per heavy atom. The van der Waals surface area contributed by atoms with Gasteiger partial charge in [0.2, 0.25) is 5.91 Å². The molecule has 2 aliphatic heterocycles. The molecule has 0 aliphatic carbocycles. The first-order valence-electron chi connectivity index (χ1n) is 9.18. The van der Waals surface area contributed by atoms with Crippen molar-refractivity contribution in [3.8, 4) is 0 Å². The number of likely N-dealkylation sites (tertiary alicyclic amines) is 2. The zero-order valence-electron chi connectivity index (χ0n) is 15.3. The van der Waals surface area contributed by atoms with Crippen molar-refractivity contribution in [2.45, 2.75) is 32.7 Å². The fraction of sp³-hybridized carbons (Fsp3) is 0.450. The van der Waals surface area contributed by atoms with E-state index in [0.29, 0.717) is 38.3 Å². The lowest BCUT2D eigenvalue weighted by Crippen LogP contribution is -2.44. The molecule has 5 nitrogen and oxygen atoms in total. The highest BCUT2D eigenvalue weighted by atomic mass is 32.1. The third-order valence-corrected chi connectivity index (χ3v) is 6.39. The Bertz CT molecular complexity index is 874. The number of carbonyl (C=O) groups excluding carboxylic acids is 2. The quantitative estimate of drug-likeness (QED) is 0.812. The summed E-state index contributed by atoms with van der Waals surface area (Å²) in [7, 11) is 0. The standard InChI is InChI=1S/C20H22FN3O2S/c1-14-22-17(12-27-14)19(26)23-7-5-20(6-8-23)10-18(25)24(13-20)11-15-3-2-4-16(21)9-15/h2-4,9,12H,5-8,10-11,13H2,1H3. The molecule has 2 aliphatic rings. The molecule has 2 saturated heterocycles. The van der Waals surface area contributed by atoms with Crippen LogP contribution in [0.5, 0.6) is 0 Å². The van der Waals surface area contributed by atoms with Crippen molar-refractivity contribution in [3.63, 3.8) is 0 Å². The lowest BCUT2D eigenvalue weighted by atomic mass is 9.77. The highest BCUT2D eigenvalue weighted by Crippen LogP contribution is 2.41. The van der Waals surface area contributed by atoms with Gasteiger partial charge < -0.3 is 9.80 Å². The number of amides is 2. The fourth-order valence-corrected chi connectivity index (χ4v) is 4.71. The maximum Gasteiger partial charge on any atom is 0.273 e. The van der Waals surface area contributed by atoms with Crippen molar-refractivity contribution in [2.75, 3.05) is 19.6 Å². The Morgan fingerprint density at radius 3 is 2.78 bits per heavy atom. The van der Waals surface area contributed by atoms with E-state index in [-0.39, 0.29) is 23.0 Å². The van der Waals surface area contributed by atoms with Crippen LogP contribution < -0.4 is 0 Å².